The first kappa shape index (κ1) is 21.3. The summed E-state index contributed by atoms with van der Waals surface area (Å²) in [4.78, 5) is 21.4. The zero-order chi connectivity index (χ0) is 22.0. The van der Waals surface area contributed by atoms with Crippen molar-refractivity contribution in [3.8, 4) is 17.3 Å². The van der Waals surface area contributed by atoms with E-state index in [0.717, 1.165) is 34.6 Å². The highest BCUT2D eigenvalue weighted by atomic mass is 16.5. The van der Waals surface area contributed by atoms with Crippen LogP contribution in [0.25, 0.3) is 11.3 Å². The standard InChI is InChI=1S/C25H30N4O2/c1-4-8-22(30)28-11-13-29(14-12-28)24-20(16-26)19-15-25(2,3)31-17-21(19)23(27-24)18-9-6-5-7-10-18/h5-7,9-10H,4,8,11-15,17H2,1-3H3. The first-order valence-electron chi connectivity index (χ1n) is 11.1. The molecule has 6 nitrogen and oxygen atoms in total. The van der Waals surface area contributed by atoms with Crippen LogP contribution in [0.4, 0.5) is 5.82 Å². The van der Waals surface area contributed by atoms with Crippen molar-refractivity contribution in [3.63, 3.8) is 0 Å². The van der Waals surface area contributed by atoms with Crippen LogP contribution < -0.4 is 4.90 Å². The first-order chi connectivity index (χ1) is 14.9. The molecule has 3 heterocycles. The third kappa shape index (κ3) is 4.28. The Hall–Kier alpha value is -2.91. The molecule has 31 heavy (non-hydrogen) atoms. The SMILES string of the molecule is CCCC(=O)N1CCN(c2nc(-c3ccccc3)c3c(c2C#N)CC(C)(C)OC3)CC1. The average Bonchev–Trinajstić information content (AvgIpc) is 2.78. The second kappa shape index (κ2) is 8.68. The molecule has 2 aliphatic heterocycles. The normalized spacial score (nSPS) is 17.7. The van der Waals surface area contributed by atoms with Crippen molar-refractivity contribution in [3.05, 3.63) is 47.0 Å². The molecule has 1 amide bonds. The Bertz CT molecular complexity index is 1000. The maximum absolute atomic E-state index is 12.3. The van der Waals surface area contributed by atoms with Gasteiger partial charge < -0.3 is 14.5 Å². The highest BCUT2D eigenvalue weighted by Crippen LogP contribution is 2.39. The highest BCUT2D eigenvalue weighted by Gasteiger charge is 2.34. The van der Waals surface area contributed by atoms with Crippen molar-refractivity contribution in [2.45, 2.75) is 52.2 Å². The van der Waals surface area contributed by atoms with E-state index in [4.69, 9.17) is 9.72 Å². The molecule has 1 aromatic carbocycles. The lowest BCUT2D eigenvalue weighted by Gasteiger charge is -2.38. The number of piperazine rings is 1. The van der Waals surface area contributed by atoms with E-state index in [1.54, 1.807) is 0 Å². The molecule has 0 bridgehead atoms. The Labute approximate surface area is 184 Å². The summed E-state index contributed by atoms with van der Waals surface area (Å²) in [5.41, 5.74) is 4.32. The summed E-state index contributed by atoms with van der Waals surface area (Å²) in [6.07, 6.45) is 2.13. The fourth-order valence-electron chi connectivity index (χ4n) is 4.47. The Balaban J connectivity index is 1.75. The van der Waals surface area contributed by atoms with Crippen molar-refractivity contribution in [1.82, 2.24) is 9.88 Å². The van der Waals surface area contributed by atoms with Gasteiger partial charge in [0.1, 0.15) is 11.9 Å². The van der Waals surface area contributed by atoms with Gasteiger partial charge in [-0.3, -0.25) is 4.79 Å². The fourth-order valence-corrected chi connectivity index (χ4v) is 4.47. The average molecular weight is 419 g/mol. The Morgan fingerprint density at radius 1 is 1.16 bits per heavy atom. The molecule has 6 heteroatoms. The third-order valence-electron chi connectivity index (χ3n) is 6.16. The molecule has 1 aromatic heterocycles. The summed E-state index contributed by atoms with van der Waals surface area (Å²) in [6, 6.07) is 12.6. The van der Waals surface area contributed by atoms with Crippen LogP contribution in [-0.4, -0.2) is 47.6 Å². The van der Waals surface area contributed by atoms with Crippen LogP contribution in [0.15, 0.2) is 30.3 Å². The van der Waals surface area contributed by atoms with Crippen LogP contribution in [0.3, 0.4) is 0 Å². The Kier molecular flexibility index (Phi) is 5.97. The number of amides is 1. The maximum Gasteiger partial charge on any atom is 0.222 e. The van der Waals surface area contributed by atoms with E-state index in [1.165, 1.54) is 0 Å². The van der Waals surface area contributed by atoms with Gasteiger partial charge >= 0.3 is 0 Å². The van der Waals surface area contributed by atoms with Crippen molar-refractivity contribution < 1.29 is 9.53 Å². The summed E-state index contributed by atoms with van der Waals surface area (Å²) in [6.45, 7) is 9.31. The van der Waals surface area contributed by atoms with Gasteiger partial charge in [0, 0.05) is 50.1 Å². The van der Waals surface area contributed by atoms with E-state index < -0.39 is 0 Å². The van der Waals surface area contributed by atoms with Crippen LogP contribution in [-0.2, 0) is 22.6 Å². The molecule has 0 radical (unpaired) electrons. The number of fused-ring (bicyclic) bond motifs is 1. The predicted octanol–water partition coefficient (Wildman–Crippen LogP) is 3.92. The highest BCUT2D eigenvalue weighted by molar-refractivity contribution is 5.77. The summed E-state index contributed by atoms with van der Waals surface area (Å²) in [5.74, 6) is 0.949. The molecule has 0 unspecified atom stereocenters. The van der Waals surface area contributed by atoms with Gasteiger partial charge in [0.05, 0.1) is 23.5 Å². The van der Waals surface area contributed by atoms with E-state index >= 15 is 0 Å². The number of nitriles is 1. The molecule has 0 atom stereocenters. The van der Waals surface area contributed by atoms with E-state index in [0.29, 0.717) is 51.2 Å². The summed E-state index contributed by atoms with van der Waals surface area (Å²) in [7, 11) is 0. The smallest absolute Gasteiger partial charge is 0.222 e. The molecule has 0 N–H and O–H groups in total. The van der Waals surface area contributed by atoms with E-state index in [9.17, 15) is 10.1 Å². The number of hydrogen-bond donors (Lipinski definition) is 0. The summed E-state index contributed by atoms with van der Waals surface area (Å²) in [5, 5.41) is 10.1. The monoisotopic (exact) mass is 418 g/mol. The van der Waals surface area contributed by atoms with E-state index in [1.807, 2.05) is 30.0 Å². The fraction of sp³-hybridized carbons (Fsp3) is 0.480. The minimum absolute atomic E-state index is 0.213. The molecule has 4 rings (SSSR count). The molecular weight excluding hydrogens is 388 g/mol. The molecule has 0 spiro atoms. The number of carbonyl (C=O) groups excluding carboxylic acids is 1. The molecule has 162 valence electrons. The molecule has 2 aromatic rings. The number of anilines is 1. The summed E-state index contributed by atoms with van der Waals surface area (Å²) >= 11 is 0. The Morgan fingerprint density at radius 2 is 1.87 bits per heavy atom. The van der Waals surface area contributed by atoms with Crippen molar-refractivity contribution in [2.24, 2.45) is 0 Å². The second-order valence-electron chi connectivity index (χ2n) is 8.94. The predicted molar refractivity (Wildman–Crippen MR) is 121 cm³/mol. The zero-order valence-electron chi connectivity index (χ0n) is 18.6. The minimum atomic E-state index is -0.323. The van der Waals surface area contributed by atoms with Crippen LogP contribution in [0.2, 0.25) is 0 Å². The van der Waals surface area contributed by atoms with E-state index in [2.05, 4.69) is 36.9 Å². The topological polar surface area (TPSA) is 69.5 Å². The van der Waals surface area contributed by atoms with Crippen LogP contribution in [0.5, 0.6) is 0 Å². The van der Waals surface area contributed by atoms with Crippen LogP contribution in [0.1, 0.15) is 50.3 Å². The minimum Gasteiger partial charge on any atom is -0.370 e. The van der Waals surface area contributed by atoms with Gasteiger partial charge in [-0.25, -0.2) is 4.98 Å². The van der Waals surface area contributed by atoms with Gasteiger partial charge in [0.25, 0.3) is 0 Å². The van der Waals surface area contributed by atoms with Crippen molar-refractivity contribution in [1.29, 1.82) is 5.26 Å². The number of aromatic nitrogens is 1. The number of rotatable bonds is 4. The molecule has 0 saturated carbocycles. The Morgan fingerprint density at radius 3 is 2.52 bits per heavy atom. The molecule has 1 fully saturated rings. The van der Waals surface area contributed by atoms with Crippen molar-refractivity contribution in [2.75, 3.05) is 31.1 Å². The molecular formula is C25H30N4O2. The van der Waals surface area contributed by atoms with Gasteiger partial charge in [0.15, 0.2) is 0 Å². The van der Waals surface area contributed by atoms with Crippen molar-refractivity contribution >= 4 is 11.7 Å². The number of pyridine rings is 1. The first-order valence-corrected chi connectivity index (χ1v) is 11.1. The second-order valence-corrected chi connectivity index (χ2v) is 8.94. The number of benzene rings is 1. The lowest BCUT2D eigenvalue weighted by Crippen LogP contribution is -2.49. The zero-order valence-corrected chi connectivity index (χ0v) is 18.6. The molecule has 1 saturated heterocycles. The number of carbonyl (C=O) groups is 1. The largest absolute Gasteiger partial charge is 0.370 e. The maximum atomic E-state index is 12.3. The number of nitrogens with zero attached hydrogens (tertiary/aromatic N) is 4. The summed E-state index contributed by atoms with van der Waals surface area (Å²) < 4.78 is 6.09. The van der Waals surface area contributed by atoms with Gasteiger partial charge in [0.2, 0.25) is 5.91 Å². The quantitative estimate of drug-likeness (QED) is 0.753. The molecule has 2 aliphatic rings. The van der Waals surface area contributed by atoms with E-state index in [-0.39, 0.29) is 11.5 Å². The lowest BCUT2D eigenvalue weighted by molar-refractivity contribution is -0.131. The number of ether oxygens (including phenoxy) is 1. The lowest BCUT2D eigenvalue weighted by atomic mass is 9.86. The van der Waals surface area contributed by atoms with Crippen LogP contribution in [0, 0.1) is 11.3 Å². The van der Waals surface area contributed by atoms with Gasteiger partial charge in [-0.2, -0.15) is 5.26 Å². The van der Waals surface area contributed by atoms with Gasteiger partial charge in [-0.15, -0.1) is 0 Å². The van der Waals surface area contributed by atoms with Gasteiger partial charge in [-0.05, 0) is 25.8 Å². The van der Waals surface area contributed by atoms with Gasteiger partial charge in [-0.1, -0.05) is 37.3 Å². The van der Waals surface area contributed by atoms with Crippen LogP contribution >= 0.6 is 0 Å². The third-order valence-corrected chi connectivity index (χ3v) is 6.16. The number of hydrogen-bond acceptors (Lipinski definition) is 5. The molecule has 0 aliphatic carbocycles.